The van der Waals surface area contributed by atoms with Crippen LogP contribution in [0.15, 0.2) is 18.2 Å². The summed E-state index contributed by atoms with van der Waals surface area (Å²) < 4.78 is 20.9. The lowest BCUT2D eigenvalue weighted by Crippen LogP contribution is -2.13. The third-order valence-electron chi connectivity index (χ3n) is 2.85. The maximum atomic E-state index is 11.6. The zero-order chi connectivity index (χ0) is 14.4. The van der Waals surface area contributed by atoms with Crippen LogP contribution in [0, 0.1) is 0 Å². The number of ether oxygens (including phenoxy) is 4. The summed E-state index contributed by atoms with van der Waals surface area (Å²) in [5.74, 6) is 1.28. The molecule has 0 fully saturated rings. The fourth-order valence-electron chi connectivity index (χ4n) is 1.85. The Morgan fingerprint density at radius 2 is 2.05 bits per heavy atom. The third kappa shape index (κ3) is 4.42. The minimum Gasteiger partial charge on any atom is -0.463 e. The molecule has 0 saturated carbocycles. The Morgan fingerprint density at radius 3 is 2.85 bits per heavy atom. The smallest absolute Gasteiger partial charge is 0.306 e. The molecule has 1 aliphatic heterocycles. The Kier molecular flexibility index (Phi) is 5.24. The molecule has 0 radical (unpaired) electrons. The van der Waals surface area contributed by atoms with Gasteiger partial charge in [0.05, 0.1) is 12.7 Å². The molecule has 110 valence electrons. The number of benzene rings is 1. The van der Waals surface area contributed by atoms with Crippen LogP contribution >= 0.6 is 0 Å². The Morgan fingerprint density at radius 1 is 1.25 bits per heavy atom. The normalized spacial score (nSPS) is 12.8. The van der Waals surface area contributed by atoms with E-state index in [-0.39, 0.29) is 18.9 Å². The monoisotopic (exact) mass is 280 g/mol. The summed E-state index contributed by atoms with van der Waals surface area (Å²) in [5.41, 5.74) is 1.03. The van der Waals surface area contributed by atoms with E-state index >= 15 is 0 Å². The first-order valence-electron chi connectivity index (χ1n) is 6.81. The van der Waals surface area contributed by atoms with E-state index in [0.717, 1.165) is 17.1 Å². The second-order valence-electron chi connectivity index (χ2n) is 4.83. The van der Waals surface area contributed by atoms with Crippen molar-refractivity contribution in [1.29, 1.82) is 0 Å². The summed E-state index contributed by atoms with van der Waals surface area (Å²) in [6.07, 6.45) is 1.13. The van der Waals surface area contributed by atoms with Gasteiger partial charge in [0.15, 0.2) is 11.5 Å². The van der Waals surface area contributed by atoms with Crippen molar-refractivity contribution in [2.45, 2.75) is 32.8 Å². The lowest BCUT2D eigenvalue weighted by Gasteiger charge is -2.08. The van der Waals surface area contributed by atoms with Crippen LogP contribution in [0.1, 0.15) is 25.8 Å². The van der Waals surface area contributed by atoms with Crippen LogP contribution < -0.4 is 9.47 Å². The first kappa shape index (κ1) is 14.7. The zero-order valence-corrected chi connectivity index (χ0v) is 11.9. The van der Waals surface area contributed by atoms with Gasteiger partial charge >= 0.3 is 5.97 Å². The van der Waals surface area contributed by atoms with Gasteiger partial charge in [0.2, 0.25) is 6.79 Å². The molecule has 1 aromatic rings. The van der Waals surface area contributed by atoms with Gasteiger partial charge < -0.3 is 18.9 Å². The van der Waals surface area contributed by atoms with Gasteiger partial charge in [-0.25, -0.2) is 0 Å². The summed E-state index contributed by atoms with van der Waals surface area (Å²) >= 11 is 0. The SMILES string of the molecule is CC(C)OCCOC(=O)CCc1ccc2c(c1)OCO2. The largest absolute Gasteiger partial charge is 0.463 e. The molecule has 2 rings (SSSR count). The number of esters is 1. The van der Waals surface area contributed by atoms with Crippen molar-refractivity contribution in [1.82, 2.24) is 0 Å². The maximum Gasteiger partial charge on any atom is 0.306 e. The lowest BCUT2D eigenvalue weighted by atomic mass is 10.1. The highest BCUT2D eigenvalue weighted by Crippen LogP contribution is 2.32. The predicted octanol–water partition coefficient (Wildman–Crippen LogP) is 2.32. The van der Waals surface area contributed by atoms with Gasteiger partial charge in [-0.2, -0.15) is 0 Å². The van der Waals surface area contributed by atoms with E-state index in [2.05, 4.69) is 0 Å². The predicted molar refractivity (Wildman–Crippen MR) is 72.9 cm³/mol. The second kappa shape index (κ2) is 7.14. The van der Waals surface area contributed by atoms with Crippen LogP contribution in [0.4, 0.5) is 0 Å². The van der Waals surface area contributed by atoms with Crippen molar-refractivity contribution in [3.63, 3.8) is 0 Å². The van der Waals surface area contributed by atoms with Gasteiger partial charge in [0.1, 0.15) is 6.61 Å². The van der Waals surface area contributed by atoms with E-state index in [1.807, 2.05) is 32.0 Å². The molecule has 5 nitrogen and oxygen atoms in total. The minimum absolute atomic E-state index is 0.155. The molecule has 0 spiro atoms. The van der Waals surface area contributed by atoms with E-state index < -0.39 is 0 Å². The molecule has 1 heterocycles. The number of fused-ring (bicyclic) bond motifs is 1. The van der Waals surface area contributed by atoms with Crippen molar-refractivity contribution >= 4 is 5.97 Å². The first-order valence-corrected chi connectivity index (χ1v) is 6.81. The van der Waals surface area contributed by atoms with Crippen molar-refractivity contribution in [3.8, 4) is 11.5 Å². The summed E-state index contributed by atoms with van der Waals surface area (Å²) in [6, 6.07) is 5.69. The van der Waals surface area contributed by atoms with E-state index in [0.29, 0.717) is 26.1 Å². The molecule has 5 heteroatoms. The summed E-state index contributed by atoms with van der Waals surface area (Å²) in [7, 11) is 0. The van der Waals surface area contributed by atoms with Crippen LogP contribution in [-0.4, -0.2) is 32.1 Å². The van der Waals surface area contributed by atoms with Gasteiger partial charge in [0, 0.05) is 6.42 Å². The molecule has 0 N–H and O–H groups in total. The highest BCUT2D eigenvalue weighted by Gasteiger charge is 2.13. The minimum atomic E-state index is -0.213. The standard InChI is InChI=1S/C15H20O5/c1-11(2)17-7-8-18-15(16)6-4-12-3-5-13-14(9-12)20-10-19-13/h3,5,9,11H,4,6-8,10H2,1-2H3. The topological polar surface area (TPSA) is 54.0 Å². The third-order valence-corrected chi connectivity index (χ3v) is 2.85. The molecule has 0 atom stereocenters. The molecule has 1 aliphatic rings. The molecule has 1 aromatic carbocycles. The molecule has 0 unspecified atom stereocenters. The number of carbonyl (C=O) groups is 1. The van der Waals surface area contributed by atoms with Crippen LogP contribution in [-0.2, 0) is 20.7 Å². The lowest BCUT2D eigenvalue weighted by molar-refractivity contribution is -0.145. The van der Waals surface area contributed by atoms with E-state index in [9.17, 15) is 4.79 Å². The molecule has 0 bridgehead atoms. The van der Waals surface area contributed by atoms with E-state index in [4.69, 9.17) is 18.9 Å². The number of aryl methyl sites for hydroxylation is 1. The molecule has 20 heavy (non-hydrogen) atoms. The van der Waals surface area contributed by atoms with Gasteiger partial charge in [0.25, 0.3) is 0 Å². The molecular weight excluding hydrogens is 260 g/mol. The molecular formula is C15H20O5. The van der Waals surface area contributed by atoms with Crippen LogP contribution in [0.2, 0.25) is 0 Å². The second-order valence-corrected chi connectivity index (χ2v) is 4.83. The van der Waals surface area contributed by atoms with Gasteiger partial charge in [-0.3, -0.25) is 4.79 Å². The van der Waals surface area contributed by atoms with Crippen molar-refractivity contribution in [2.75, 3.05) is 20.0 Å². The summed E-state index contributed by atoms with van der Waals surface area (Å²) in [4.78, 5) is 11.6. The van der Waals surface area contributed by atoms with Crippen molar-refractivity contribution in [2.24, 2.45) is 0 Å². The fourth-order valence-corrected chi connectivity index (χ4v) is 1.85. The molecule has 0 amide bonds. The van der Waals surface area contributed by atoms with Crippen LogP contribution in [0.3, 0.4) is 0 Å². The molecule has 0 aromatic heterocycles. The van der Waals surface area contributed by atoms with Gasteiger partial charge in [-0.15, -0.1) is 0 Å². The van der Waals surface area contributed by atoms with Gasteiger partial charge in [-0.05, 0) is 38.0 Å². The average molecular weight is 280 g/mol. The quantitative estimate of drug-likeness (QED) is 0.566. The highest BCUT2D eigenvalue weighted by atomic mass is 16.7. The van der Waals surface area contributed by atoms with Crippen molar-refractivity contribution < 1.29 is 23.7 Å². The fraction of sp³-hybridized carbons (Fsp3) is 0.533. The number of hydrogen-bond acceptors (Lipinski definition) is 5. The summed E-state index contributed by atoms with van der Waals surface area (Å²) in [6.45, 7) is 4.89. The highest BCUT2D eigenvalue weighted by molar-refractivity contribution is 5.69. The maximum absolute atomic E-state index is 11.6. The van der Waals surface area contributed by atoms with Gasteiger partial charge in [-0.1, -0.05) is 6.07 Å². The van der Waals surface area contributed by atoms with E-state index in [1.54, 1.807) is 0 Å². The molecule has 0 aliphatic carbocycles. The summed E-state index contributed by atoms with van der Waals surface area (Å²) in [5, 5.41) is 0. The van der Waals surface area contributed by atoms with E-state index in [1.165, 1.54) is 0 Å². The zero-order valence-electron chi connectivity index (χ0n) is 11.9. The van der Waals surface area contributed by atoms with Crippen molar-refractivity contribution in [3.05, 3.63) is 23.8 Å². The Labute approximate surface area is 118 Å². The Hall–Kier alpha value is -1.75. The Bertz CT molecular complexity index is 456. The van der Waals surface area contributed by atoms with Crippen LogP contribution in [0.25, 0.3) is 0 Å². The number of rotatable bonds is 7. The number of carbonyl (C=O) groups excluding carboxylic acids is 1. The average Bonchev–Trinajstić information content (AvgIpc) is 2.88. The molecule has 0 saturated heterocycles. The number of hydrogen-bond donors (Lipinski definition) is 0. The first-order chi connectivity index (χ1) is 9.65. The Balaban J connectivity index is 1.68. The van der Waals surface area contributed by atoms with Crippen LogP contribution in [0.5, 0.6) is 11.5 Å².